The van der Waals surface area contributed by atoms with Gasteiger partial charge in [0.05, 0.1) is 13.5 Å². The highest BCUT2D eigenvalue weighted by molar-refractivity contribution is 7.97. The molecule has 2 amide bonds. The van der Waals surface area contributed by atoms with Gasteiger partial charge in [0.15, 0.2) is 0 Å². The second-order valence-electron chi connectivity index (χ2n) is 9.88. The largest absolute Gasteiger partial charge is 0.497 e. The highest BCUT2D eigenvalue weighted by Crippen LogP contribution is 2.53. The summed E-state index contributed by atoms with van der Waals surface area (Å²) in [7, 11) is 3.39. The number of nitrogens with one attached hydrogen (secondary N) is 2. The molecule has 0 spiro atoms. The van der Waals surface area contributed by atoms with E-state index in [4.69, 9.17) is 4.74 Å². The van der Waals surface area contributed by atoms with Crippen LogP contribution >= 0.6 is 11.8 Å². The minimum absolute atomic E-state index is 0.0715. The zero-order chi connectivity index (χ0) is 25.6. The van der Waals surface area contributed by atoms with Gasteiger partial charge in [0.2, 0.25) is 5.91 Å². The molecule has 188 valence electrons. The van der Waals surface area contributed by atoms with Crippen LogP contribution in [0.25, 0.3) is 10.9 Å². The maximum atomic E-state index is 14.0. The van der Waals surface area contributed by atoms with Crippen molar-refractivity contribution in [2.24, 2.45) is 0 Å². The Kier molecular flexibility index (Phi) is 5.95. The fourth-order valence-corrected chi connectivity index (χ4v) is 6.49. The number of benzene rings is 3. The summed E-state index contributed by atoms with van der Waals surface area (Å²) in [5, 5.41) is 4.27. The molecular formula is C30H29N3O3S. The first kappa shape index (κ1) is 23.7. The van der Waals surface area contributed by atoms with Crippen molar-refractivity contribution in [1.82, 2.24) is 10.3 Å². The first-order valence-electron chi connectivity index (χ1n) is 12.5. The maximum absolute atomic E-state index is 14.0. The maximum Gasteiger partial charge on any atom is 0.253 e. The van der Waals surface area contributed by atoms with Crippen LogP contribution in [0.5, 0.6) is 5.75 Å². The molecule has 2 N–H and O–H groups in total. The number of carbonyl (C=O) groups is 2. The second kappa shape index (κ2) is 9.30. The van der Waals surface area contributed by atoms with Crippen LogP contribution in [-0.2, 0) is 27.5 Å². The van der Waals surface area contributed by atoms with Crippen molar-refractivity contribution < 1.29 is 14.3 Å². The van der Waals surface area contributed by atoms with Gasteiger partial charge < -0.3 is 19.9 Å². The number of methoxy groups -OCH3 is 1. The number of hydrogen-bond donors (Lipinski definition) is 2. The summed E-state index contributed by atoms with van der Waals surface area (Å²) in [5.41, 5.74) is 5.21. The third kappa shape index (κ3) is 4.27. The number of aromatic nitrogens is 1. The van der Waals surface area contributed by atoms with Crippen LogP contribution in [-0.4, -0.2) is 36.5 Å². The number of hydrogen-bond acceptors (Lipinski definition) is 4. The van der Waals surface area contributed by atoms with Crippen LogP contribution in [0, 0.1) is 0 Å². The normalized spacial score (nSPS) is 20.9. The number of ether oxygens (including phenoxy) is 1. The van der Waals surface area contributed by atoms with Crippen molar-refractivity contribution in [3.8, 4) is 5.75 Å². The van der Waals surface area contributed by atoms with E-state index in [-0.39, 0.29) is 24.2 Å². The van der Waals surface area contributed by atoms with E-state index in [0.29, 0.717) is 6.42 Å². The number of thioether (sulfide) groups is 1. The number of para-hydroxylation sites is 1. The number of anilines is 1. The molecule has 1 unspecified atom stereocenters. The van der Waals surface area contributed by atoms with E-state index in [1.807, 2.05) is 54.2 Å². The van der Waals surface area contributed by atoms with Crippen molar-refractivity contribution in [2.75, 3.05) is 19.1 Å². The molecule has 3 aromatic carbocycles. The second-order valence-corrected chi connectivity index (χ2v) is 10.9. The van der Waals surface area contributed by atoms with Crippen LogP contribution < -0.4 is 15.0 Å². The summed E-state index contributed by atoms with van der Waals surface area (Å²) < 4.78 is 5.27. The van der Waals surface area contributed by atoms with E-state index in [1.165, 1.54) is 5.56 Å². The van der Waals surface area contributed by atoms with Gasteiger partial charge in [0.1, 0.15) is 11.3 Å². The van der Waals surface area contributed by atoms with E-state index in [9.17, 15) is 9.59 Å². The van der Waals surface area contributed by atoms with Gasteiger partial charge in [-0.2, -0.15) is 11.8 Å². The van der Waals surface area contributed by atoms with Crippen molar-refractivity contribution in [2.45, 2.75) is 35.8 Å². The summed E-state index contributed by atoms with van der Waals surface area (Å²) in [4.78, 5) is 32.8. The van der Waals surface area contributed by atoms with Crippen LogP contribution in [0.3, 0.4) is 0 Å². The molecule has 6 rings (SSSR count). The molecule has 4 aromatic rings. The molecule has 6 nitrogen and oxygen atoms in total. The predicted octanol–water partition coefficient (Wildman–Crippen LogP) is 5.17. The lowest BCUT2D eigenvalue weighted by atomic mass is 10.0. The third-order valence-electron chi connectivity index (χ3n) is 7.58. The molecule has 1 saturated carbocycles. The highest BCUT2D eigenvalue weighted by Gasteiger charge is 2.62. The quantitative estimate of drug-likeness (QED) is 0.398. The summed E-state index contributed by atoms with van der Waals surface area (Å²) in [5.74, 6) is 2.07. The van der Waals surface area contributed by atoms with Crippen LogP contribution in [0.15, 0.2) is 72.8 Å². The summed E-state index contributed by atoms with van der Waals surface area (Å²) in [6, 6.07) is 24.0. The molecule has 2 bridgehead atoms. The van der Waals surface area contributed by atoms with Gasteiger partial charge >= 0.3 is 0 Å². The average molecular weight is 512 g/mol. The van der Waals surface area contributed by atoms with Crippen LogP contribution in [0.2, 0.25) is 0 Å². The van der Waals surface area contributed by atoms with E-state index >= 15 is 0 Å². The third-order valence-corrected chi connectivity index (χ3v) is 8.61. The van der Waals surface area contributed by atoms with Crippen LogP contribution in [0.1, 0.15) is 34.7 Å². The Bertz CT molecular complexity index is 1500. The van der Waals surface area contributed by atoms with E-state index in [0.717, 1.165) is 50.7 Å². The van der Waals surface area contributed by atoms with E-state index in [1.54, 1.807) is 19.1 Å². The standard InChI is InChI=1S/C30H29N3O3S/c1-33(21-10-12-22(36-2)13-11-21)29(35)30-16-25(30)20-7-5-6-19(14-20)17-37-18-27-24(15-28(34)32-30)23-8-3-4-9-26(23)31-27/h3-14,25,31H,15-18H2,1-2H3,(H,32,34)/t25?,30-/m0/s1. The minimum Gasteiger partial charge on any atom is -0.497 e. The van der Waals surface area contributed by atoms with Crippen molar-refractivity contribution in [1.29, 1.82) is 0 Å². The molecule has 2 atom stereocenters. The van der Waals surface area contributed by atoms with E-state index < -0.39 is 5.54 Å². The van der Waals surface area contributed by atoms with Crippen molar-refractivity contribution in [3.63, 3.8) is 0 Å². The van der Waals surface area contributed by atoms with Crippen molar-refractivity contribution >= 4 is 40.2 Å². The lowest BCUT2D eigenvalue weighted by Gasteiger charge is -2.26. The average Bonchev–Trinajstić information content (AvgIpc) is 3.55. The monoisotopic (exact) mass is 511 g/mol. The Labute approximate surface area is 220 Å². The molecule has 2 heterocycles. The molecule has 1 aliphatic heterocycles. The van der Waals surface area contributed by atoms with Gasteiger partial charge in [0, 0.05) is 46.8 Å². The fraction of sp³-hybridized carbons (Fsp3) is 0.267. The van der Waals surface area contributed by atoms with Crippen molar-refractivity contribution in [3.05, 3.63) is 95.2 Å². The first-order valence-corrected chi connectivity index (χ1v) is 13.6. The molecule has 1 fully saturated rings. The number of H-pyrrole nitrogens is 1. The summed E-state index contributed by atoms with van der Waals surface area (Å²) in [6.07, 6.45) is 0.806. The smallest absolute Gasteiger partial charge is 0.253 e. The van der Waals surface area contributed by atoms with Gasteiger partial charge in [-0.15, -0.1) is 0 Å². The number of aromatic amines is 1. The Balaban J connectivity index is 1.38. The predicted molar refractivity (Wildman–Crippen MR) is 148 cm³/mol. The van der Waals surface area contributed by atoms with Gasteiger partial charge in [-0.3, -0.25) is 9.59 Å². The number of likely N-dealkylation sites (N-methyl/N-ethyl adjacent to an activating group) is 1. The number of carbonyl (C=O) groups excluding carboxylic acids is 2. The lowest BCUT2D eigenvalue weighted by molar-refractivity contribution is -0.128. The van der Waals surface area contributed by atoms with Crippen LogP contribution in [0.4, 0.5) is 5.69 Å². The molecular weight excluding hydrogens is 482 g/mol. The zero-order valence-electron chi connectivity index (χ0n) is 20.9. The summed E-state index contributed by atoms with van der Waals surface area (Å²) in [6.45, 7) is 0. The summed E-state index contributed by atoms with van der Waals surface area (Å²) >= 11 is 1.83. The number of amides is 2. The van der Waals surface area contributed by atoms with Gasteiger partial charge in [-0.1, -0.05) is 42.5 Å². The molecule has 0 saturated heterocycles. The highest BCUT2D eigenvalue weighted by atomic mass is 32.2. The number of rotatable bonds is 3. The van der Waals surface area contributed by atoms with Gasteiger partial charge in [-0.25, -0.2) is 0 Å². The Morgan fingerprint density at radius 2 is 1.86 bits per heavy atom. The minimum atomic E-state index is -0.974. The Morgan fingerprint density at radius 3 is 2.68 bits per heavy atom. The number of fused-ring (bicyclic) bond motifs is 7. The lowest BCUT2D eigenvalue weighted by Crippen LogP contribution is -2.51. The molecule has 37 heavy (non-hydrogen) atoms. The molecule has 0 radical (unpaired) electrons. The molecule has 7 heteroatoms. The first-order chi connectivity index (χ1) is 18.0. The molecule has 2 aliphatic rings. The molecule has 1 aliphatic carbocycles. The zero-order valence-corrected chi connectivity index (χ0v) is 21.7. The van der Waals surface area contributed by atoms with Gasteiger partial charge in [0.25, 0.3) is 5.91 Å². The van der Waals surface area contributed by atoms with E-state index in [2.05, 4.69) is 40.6 Å². The molecule has 1 aromatic heterocycles. The fourth-order valence-electron chi connectivity index (χ4n) is 5.52. The SMILES string of the molecule is COc1ccc(N(C)C(=O)[C@]23CC2c2cccc(c2)CSCc2[nH]c4ccccc4c2CC(=O)N3)cc1. The Morgan fingerprint density at radius 1 is 1.05 bits per heavy atom. The Hall–Kier alpha value is -3.71. The van der Waals surface area contributed by atoms with Gasteiger partial charge in [-0.05, 0) is 53.4 Å². The topological polar surface area (TPSA) is 74.4 Å². The number of nitrogens with zero attached hydrogens (tertiary/aromatic N) is 1.